The molecule has 5 nitrogen and oxygen atoms in total. The second kappa shape index (κ2) is 6.28. The van der Waals surface area contributed by atoms with Crippen molar-refractivity contribution in [2.45, 2.75) is 39.2 Å². The van der Waals surface area contributed by atoms with E-state index in [2.05, 4.69) is 10.3 Å². The summed E-state index contributed by atoms with van der Waals surface area (Å²) in [5.74, 6) is 0.905. The molecule has 3 heterocycles. The van der Waals surface area contributed by atoms with Crippen LogP contribution in [0.2, 0.25) is 0 Å². The fourth-order valence-electron chi connectivity index (χ4n) is 3.57. The molecule has 0 amide bonds. The molecule has 4 rings (SSSR count). The normalized spacial score (nSPS) is 17.4. The van der Waals surface area contributed by atoms with Gasteiger partial charge in [0, 0.05) is 25.8 Å². The Morgan fingerprint density at radius 1 is 1.44 bits per heavy atom. The number of aromatic amines is 1. The van der Waals surface area contributed by atoms with Crippen molar-refractivity contribution < 1.29 is 19.8 Å². The fourth-order valence-corrected chi connectivity index (χ4v) is 4.46. The summed E-state index contributed by atoms with van der Waals surface area (Å²) in [6.07, 6.45) is 2.77. The Kier molecular flexibility index (Phi) is 4.09. The zero-order valence-electron chi connectivity index (χ0n) is 14.4. The molecule has 1 atom stereocenters. The number of fused-ring (bicyclic) bond motifs is 1. The molecule has 1 unspecified atom stereocenters. The van der Waals surface area contributed by atoms with Crippen LogP contribution in [-0.2, 0) is 6.42 Å². The van der Waals surface area contributed by atoms with E-state index in [0.717, 1.165) is 41.4 Å². The molecular formula is C19H22N2O3S+2. The number of aromatic hydroxyl groups is 1. The standard InChI is InChI=1S/C19H20N2O3S/c1-3-11-7-12-15(8-14(11)22)24-18(13-5-4-6-20-13)16(17(12)23)19-21-10(2)9-25-19/h7-9,13,20,22H,3-6H2,1-2H3/p+2. The first-order chi connectivity index (χ1) is 12.1. The van der Waals surface area contributed by atoms with Gasteiger partial charge in [0.1, 0.15) is 17.4 Å². The summed E-state index contributed by atoms with van der Waals surface area (Å²) < 4.78 is 6.20. The summed E-state index contributed by atoms with van der Waals surface area (Å²) in [4.78, 5) is 16.6. The molecule has 1 fully saturated rings. The average molecular weight is 358 g/mol. The van der Waals surface area contributed by atoms with Gasteiger partial charge in [0.25, 0.3) is 5.01 Å². The van der Waals surface area contributed by atoms with Crippen LogP contribution < -0.4 is 15.7 Å². The second-order valence-corrected chi connectivity index (χ2v) is 7.53. The third-order valence-corrected chi connectivity index (χ3v) is 5.91. The summed E-state index contributed by atoms with van der Waals surface area (Å²) in [7, 11) is 0. The Balaban J connectivity index is 2.04. The number of quaternary nitrogens is 1. The third-order valence-electron chi connectivity index (χ3n) is 4.90. The number of thiazole rings is 1. The molecule has 1 saturated heterocycles. The van der Waals surface area contributed by atoms with Crippen molar-refractivity contribution in [1.82, 2.24) is 0 Å². The lowest BCUT2D eigenvalue weighted by molar-refractivity contribution is -0.678. The van der Waals surface area contributed by atoms with Crippen LogP contribution in [-0.4, -0.2) is 11.7 Å². The first-order valence-electron chi connectivity index (χ1n) is 8.72. The van der Waals surface area contributed by atoms with Gasteiger partial charge in [0.15, 0.2) is 17.0 Å². The van der Waals surface area contributed by atoms with Gasteiger partial charge in [-0.1, -0.05) is 18.3 Å². The molecular weight excluding hydrogens is 336 g/mol. The highest BCUT2D eigenvalue weighted by atomic mass is 32.1. The Labute approximate surface area is 149 Å². The van der Waals surface area contributed by atoms with Gasteiger partial charge in [-0.25, -0.2) is 0 Å². The van der Waals surface area contributed by atoms with Crippen LogP contribution in [0.15, 0.2) is 26.7 Å². The van der Waals surface area contributed by atoms with E-state index in [1.54, 1.807) is 12.1 Å². The van der Waals surface area contributed by atoms with Gasteiger partial charge in [-0.2, -0.15) is 4.98 Å². The smallest absolute Gasteiger partial charge is 0.275 e. The molecule has 0 aliphatic carbocycles. The zero-order valence-corrected chi connectivity index (χ0v) is 15.2. The zero-order chi connectivity index (χ0) is 17.6. The molecule has 0 bridgehead atoms. The summed E-state index contributed by atoms with van der Waals surface area (Å²) in [6.45, 7) is 4.98. The van der Waals surface area contributed by atoms with Crippen LogP contribution in [0.25, 0.3) is 21.5 Å². The number of nitrogens with two attached hydrogens (primary N) is 1. The minimum Gasteiger partial charge on any atom is -0.508 e. The van der Waals surface area contributed by atoms with E-state index in [9.17, 15) is 9.90 Å². The average Bonchev–Trinajstić information content (AvgIpc) is 3.26. The summed E-state index contributed by atoms with van der Waals surface area (Å²) in [5, 5.41) is 15.8. The predicted molar refractivity (Wildman–Crippen MR) is 96.9 cm³/mol. The van der Waals surface area contributed by atoms with Crippen molar-refractivity contribution in [2.24, 2.45) is 0 Å². The number of H-pyrrole nitrogens is 1. The largest absolute Gasteiger partial charge is 0.508 e. The number of aryl methyl sites for hydroxylation is 2. The first kappa shape index (κ1) is 16.3. The van der Waals surface area contributed by atoms with Crippen molar-refractivity contribution in [3.63, 3.8) is 0 Å². The van der Waals surface area contributed by atoms with E-state index in [4.69, 9.17) is 4.42 Å². The van der Waals surface area contributed by atoms with Gasteiger partial charge in [0.2, 0.25) is 5.43 Å². The van der Waals surface area contributed by atoms with Gasteiger partial charge in [-0.3, -0.25) is 4.79 Å². The van der Waals surface area contributed by atoms with Crippen LogP contribution in [0.4, 0.5) is 0 Å². The lowest BCUT2D eigenvalue weighted by Crippen LogP contribution is -2.81. The Bertz CT molecular complexity index is 1000. The number of aromatic nitrogens is 1. The molecule has 1 aliphatic rings. The topological polar surface area (TPSA) is 81.2 Å². The summed E-state index contributed by atoms with van der Waals surface area (Å²) >= 11 is 1.53. The predicted octanol–water partition coefficient (Wildman–Crippen LogP) is 2.31. The van der Waals surface area contributed by atoms with E-state index >= 15 is 0 Å². The van der Waals surface area contributed by atoms with Gasteiger partial charge >= 0.3 is 0 Å². The molecule has 0 radical (unpaired) electrons. The number of hydrogen-bond donors (Lipinski definition) is 2. The van der Waals surface area contributed by atoms with E-state index < -0.39 is 0 Å². The fraction of sp³-hybridized carbons (Fsp3) is 0.368. The number of phenolic OH excluding ortho intramolecular Hbond substituents is 1. The van der Waals surface area contributed by atoms with Crippen LogP contribution in [0, 0.1) is 6.92 Å². The number of nitrogens with one attached hydrogen (secondary N) is 1. The van der Waals surface area contributed by atoms with Crippen LogP contribution in [0.3, 0.4) is 0 Å². The molecule has 3 aromatic rings. The van der Waals surface area contributed by atoms with Gasteiger partial charge < -0.3 is 14.8 Å². The van der Waals surface area contributed by atoms with Gasteiger partial charge in [-0.15, -0.1) is 0 Å². The molecule has 6 heteroatoms. The minimum absolute atomic E-state index is 0.0238. The lowest BCUT2D eigenvalue weighted by atomic mass is 10.0. The number of phenols is 1. The van der Waals surface area contributed by atoms with Crippen molar-refractivity contribution in [1.29, 1.82) is 0 Å². The van der Waals surface area contributed by atoms with Crippen LogP contribution >= 0.6 is 11.3 Å². The van der Waals surface area contributed by atoms with Crippen molar-refractivity contribution in [3.05, 3.63) is 44.8 Å². The first-order valence-corrected chi connectivity index (χ1v) is 9.60. The van der Waals surface area contributed by atoms with Crippen molar-refractivity contribution >= 4 is 22.3 Å². The van der Waals surface area contributed by atoms with E-state index in [1.807, 2.05) is 19.2 Å². The number of rotatable bonds is 3. The highest BCUT2D eigenvalue weighted by Gasteiger charge is 2.32. The molecule has 25 heavy (non-hydrogen) atoms. The second-order valence-electron chi connectivity index (χ2n) is 6.65. The van der Waals surface area contributed by atoms with E-state index in [0.29, 0.717) is 23.0 Å². The Hall–Kier alpha value is -2.18. The third kappa shape index (κ3) is 2.75. The van der Waals surface area contributed by atoms with Gasteiger partial charge in [0.05, 0.1) is 17.3 Å². The van der Waals surface area contributed by atoms with Crippen LogP contribution in [0.1, 0.15) is 42.8 Å². The Morgan fingerprint density at radius 2 is 2.28 bits per heavy atom. The molecule has 0 spiro atoms. The lowest BCUT2D eigenvalue weighted by Gasteiger charge is -2.11. The summed E-state index contributed by atoms with van der Waals surface area (Å²) in [5.41, 5.74) is 2.87. The maximum Gasteiger partial charge on any atom is 0.275 e. The number of hydrogen-bond acceptors (Lipinski definition) is 4. The van der Waals surface area contributed by atoms with E-state index in [1.165, 1.54) is 11.3 Å². The molecule has 1 aromatic carbocycles. The minimum atomic E-state index is -0.0238. The molecule has 0 saturated carbocycles. The molecule has 130 valence electrons. The highest BCUT2D eigenvalue weighted by molar-refractivity contribution is 7.12. The van der Waals surface area contributed by atoms with Crippen LogP contribution in [0.5, 0.6) is 5.75 Å². The maximum absolute atomic E-state index is 13.3. The Morgan fingerprint density at radius 3 is 2.92 bits per heavy atom. The van der Waals surface area contributed by atoms with Gasteiger partial charge in [-0.05, 0) is 18.1 Å². The quantitative estimate of drug-likeness (QED) is 0.754. The maximum atomic E-state index is 13.3. The SMILES string of the molecule is CCc1cc2c(=O)c(-c3[nH+]c(C)cs3)c(C3CCC[NH2+]3)oc2cc1O. The summed E-state index contributed by atoms with van der Waals surface area (Å²) in [6, 6.07) is 3.50. The molecule has 2 aromatic heterocycles. The molecule has 1 aliphatic heterocycles. The highest BCUT2D eigenvalue weighted by Crippen LogP contribution is 2.33. The molecule has 4 N–H and O–H groups in total. The number of benzene rings is 1. The van der Waals surface area contributed by atoms with Crippen molar-refractivity contribution in [2.75, 3.05) is 6.54 Å². The van der Waals surface area contributed by atoms with E-state index in [-0.39, 0.29) is 17.2 Å². The monoisotopic (exact) mass is 358 g/mol. The van der Waals surface area contributed by atoms with Crippen molar-refractivity contribution in [3.8, 4) is 16.3 Å².